The Bertz CT molecular complexity index is 1280. The summed E-state index contributed by atoms with van der Waals surface area (Å²) < 4.78 is 0. The monoisotopic (exact) mass is 490 g/mol. The molecule has 0 radical (unpaired) electrons. The van der Waals surface area contributed by atoms with Gasteiger partial charge >= 0.3 is 0 Å². The van der Waals surface area contributed by atoms with E-state index in [0.717, 1.165) is 18.3 Å². The van der Waals surface area contributed by atoms with Crippen LogP contribution in [0.25, 0.3) is 17.2 Å². The van der Waals surface area contributed by atoms with Crippen LogP contribution in [0.4, 0.5) is 0 Å². The van der Waals surface area contributed by atoms with E-state index in [1.165, 1.54) is 76.6 Å². The molecule has 0 amide bonds. The Kier molecular flexibility index (Phi) is 5.98. The maximum atomic E-state index is 4.61. The van der Waals surface area contributed by atoms with Gasteiger partial charge in [0.15, 0.2) is 0 Å². The van der Waals surface area contributed by atoms with Gasteiger partial charge in [-0.05, 0) is 108 Å². The highest BCUT2D eigenvalue weighted by Crippen LogP contribution is 2.73. The van der Waals surface area contributed by atoms with Crippen LogP contribution >= 0.6 is 0 Å². The third-order valence-electron chi connectivity index (χ3n) is 11.0. The predicted octanol–water partition coefficient (Wildman–Crippen LogP) is 9.93. The lowest BCUT2D eigenvalue weighted by Crippen LogP contribution is -2.19. The van der Waals surface area contributed by atoms with Gasteiger partial charge in [0.1, 0.15) is 0 Å². The second-order valence-corrected chi connectivity index (χ2v) is 13.9. The molecule has 0 heteroatoms. The van der Waals surface area contributed by atoms with Crippen molar-refractivity contribution in [2.75, 3.05) is 0 Å². The second kappa shape index (κ2) is 8.86. The molecule has 0 aliphatic heterocycles. The van der Waals surface area contributed by atoms with Gasteiger partial charge in [-0.15, -0.1) is 0 Å². The summed E-state index contributed by atoms with van der Waals surface area (Å²) >= 11 is 0. The largest absolute Gasteiger partial charge is 0.0989 e. The van der Waals surface area contributed by atoms with Crippen LogP contribution < -0.4 is 0 Å². The first-order valence-electron chi connectivity index (χ1n) is 14.9. The first kappa shape index (κ1) is 25.0. The minimum absolute atomic E-state index is 0.375. The average Bonchev–Trinajstić information content (AvgIpc) is 3.11. The number of rotatable bonds is 5. The molecule has 6 rings (SSSR count). The lowest BCUT2D eigenvalue weighted by atomic mass is 9.76. The minimum atomic E-state index is 0.375. The molecule has 0 saturated heterocycles. The van der Waals surface area contributed by atoms with Crippen LogP contribution in [0.5, 0.6) is 0 Å². The first-order valence-corrected chi connectivity index (χ1v) is 14.9. The molecule has 0 heterocycles. The normalized spacial score (nSPS) is 30.6. The van der Waals surface area contributed by atoms with Gasteiger partial charge in [0.25, 0.3) is 0 Å². The molecule has 4 aliphatic rings. The van der Waals surface area contributed by atoms with Crippen LogP contribution in [0, 0.1) is 54.8 Å². The van der Waals surface area contributed by atoms with Crippen molar-refractivity contribution >= 4 is 6.08 Å². The molecule has 194 valence electrons. The smallest absolute Gasteiger partial charge is 0.00710 e. The lowest BCUT2D eigenvalue weighted by molar-refractivity contribution is 0.289. The zero-order chi connectivity index (χ0) is 26.2. The highest BCUT2D eigenvalue weighted by Gasteiger charge is 2.66. The number of fused-ring (bicyclic) bond motifs is 2. The van der Waals surface area contributed by atoms with Crippen LogP contribution in [0.1, 0.15) is 81.2 Å². The first-order chi connectivity index (χ1) is 17.6. The van der Waals surface area contributed by atoms with E-state index < -0.39 is 0 Å². The molecular formula is C37H46. The van der Waals surface area contributed by atoms with Gasteiger partial charge < -0.3 is 0 Å². The molecule has 0 nitrogen and oxygen atoms in total. The zero-order valence-electron chi connectivity index (χ0n) is 24.1. The van der Waals surface area contributed by atoms with Crippen LogP contribution in [0.2, 0.25) is 0 Å². The van der Waals surface area contributed by atoms with E-state index in [4.69, 9.17) is 0 Å². The van der Waals surface area contributed by atoms with Crippen LogP contribution in [-0.2, 0) is 12.8 Å². The summed E-state index contributed by atoms with van der Waals surface area (Å²) in [6, 6.07) is 11.9. The van der Waals surface area contributed by atoms with Crippen molar-refractivity contribution in [3.05, 3.63) is 88.0 Å². The van der Waals surface area contributed by atoms with Gasteiger partial charge in [-0.2, -0.15) is 0 Å². The molecule has 37 heavy (non-hydrogen) atoms. The van der Waals surface area contributed by atoms with Crippen molar-refractivity contribution in [2.24, 2.45) is 40.9 Å². The molecule has 0 N–H and O–H groups in total. The highest BCUT2D eigenvalue weighted by molar-refractivity contribution is 5.80. The van der Waals surface area contributed by atoms with Crippen molar-refractivity contribution in [1.82, 2.24) is 0 Å². The molecule has 2 aromatic rings. The molecule has 4 aliphatic carbocycles. The van der Waals surface area contributed by atoms with E-state index in [1.807, 2.05) is 0 Å². The van der Waals surface area contributed by atoms with Gasteiger partial charge in [-0.3, -0.25) is 0 Å². The number of allylic oxidation sites excluding steroid dienone is 3. The maximum Gasteiger partial charge on any atom is 0.00710 e. The van der Waals surface area contributed by atoms with Crippen molar-refractivity contribution in [2.45, 2.75) is 80.1 Å². The number of hydrogen-bond donors (Lipinski definition) is 0. The van der Waals surface area contributed by atoms with Gasteiger partial charge in [0.2, 0.25) is 0 Å². The topological polar surface area (TPSA) is 0 Å². The van der Waals surface area contributed by atoms with Gasteiger partial charge in [0, 0.05) is 5.92 Å². The van der Waals surface area contributed by atoms with E-state index in [1.54, 1.807) is 11.1 Å². The van der Waals surface area contributed by atoms with E-state index in [-0.39, 0.29) is 0 Å². The molecule has 0 spiro atoms. The van der Waals surface area contributed by atoms with Crippen LogP contribution in [0.3, 0.4) is 0 Å². The van der Waals surface area contributed by atoms with E-state index in [2.05, 4.69) is 91.1 Å². The predicted molar refractivity (Wildman–Crippen MR) is 160 cm³/mol. The molecule has 0 aromatic heterocycles. The van der Waals surface area contributed by atoms with E-state index in [9.17, 15) is 0 Å². The third-order valence-corrected chi connectivity index (χ3v) is 11.0. The molecule has 2 aromatic carbocycles. The standard InChI is InChI=1S/C37H46/c1-21-12-14-27(15-13-21)18-31-23(3)16-22(2)17-33(31)30-11-9-10-28-19-29(20-32(28)30)24(4)34-25(5)35-36(26(34)6)37(35,7)8/h9-11,16-17,19,21,24,27,34-36H,5-6,12-15,18,20H2,1-4,7-8H3. The van der Waals surface area contributed by atoms with Crippen molar-refractivity contribution in [3.8, 4) is 11.1 Å². The summed E-state index contributed by atoms with van der Waals surface area (Å²) in [5, 5.41) is 0. The van der Waals surface area contributed by atoms with Crippen LogP contribution in [0.15, 0.2) is 60.2 Å². The molecule has 3 unspecified atom stereocenters. The highest BCUT2D eigenvalue weighted by atomic mass is 14.7. The second-order valence-electron chi connectivity index (χ2n) is 13.9. The van der Waals surface area contributed by atoms with Crippen molar-refractivity contribution in [1.29, 1.82) is 0 Å². The van der Waals surface area contributed by atoms with Gasteiger partial charge in [0.05, 0.1) is 0 Å². The summed E-state index contributed by atoms with van der Waals surface area (Å²) in [6.45, 7) is 23.5. The van der Waals surface area contributed by atoms with Crippen molar-refractivity contribution in [3.63, 3.8) is 0 Å². The molecule has 3 saturated carbocycles. The summed E-state index contributed by atoms with van der Waals surface area (Å²) in [5.74, 6) is 3.95. The molecular weight excluding hydrogens is 444 g/mol. The number of hydrogen-bond acceptors (Lipinski definition) is 0. The fourth-order valence-corrected chi connectivity index (χ4v) is 8.77. The summed E-state index contributed by atoms with van der Waals surface area (Å²) in [5.41, 5.74) is 15.2. The minimum Gasteiger partial charge on any atom is -0.0989 e. The quantitative estimate of drug-likeness (QED) is 0.366. The zero-order valence-corrected chi connectivity index (χ0v) is 24.1. The fourth-order valence-electron chi connectivity index (χ4n) is 8.77. The average molecular weight is 491 g/mol. The van der Waals surface area contributed by atoms with Gasteiger partial charge in [-0.25, -0.2) is 0 Å². The third kappa shape index (κ3) is 4.02. The Morgan fingerprint density at radius 3 is 2.30 bits per heavy atom. The molecule has 3 atom stereocenters. The Morgan fingerprint density at radius 1 is 0.946 bits per heavy atom. The molecule has 0 bridgehead atoms. The number of aryl methyl sites for hydroxylation is 2. The summed E-state index contributed by atoms with van der Waals surface area (Å²) in [6.07, 6.45) is 10.4. The summed E-state index contributed by atoms with van der Waals surface area (Å²) in [7, 11) is 0. The van der Waals surface area contributed by atoms with Crippen LogP contribution in [-0.4, -0.2) is 0 Å². The van der Waals surface area contributed by atoms with Gasteiger partial charge in [-0.1, -0.05) is 112 Å². The molecule has 3 fully saturated rings. The lowest BCUT2D eigenvalue weighted by Gasteiger charge is -2.29. The number of benzene rings is 2. The Balaban J connectivity index is 1.29. The van der Waals surface area contributed by atoms with E-state index >= 15 is 0 Å². The Hall–Kier alpha value is -2.34. The van der Waals surface area contributed by atoms with E-state index in [0.29, 0.717) is 29.1 Å². The SMILES string of the molecule is C=C1C(C(C)C2=Cc3cccc(-c4cc(C)cc(C)c4CC4CCC(C)CC4)c3C2)C(=C)C2C1C2(C)C. The summed E-state index contributed by atoms with van der Waals surface area (Å²) in [4.78, 5) is 0. The Morgan fingerprint density at radius 2 is 1.62 bits per heavy atom. The fraction of sp³-hybridized carbons (Fsp3) is 0.514. The maximum absolute atomic E-state index is 4.61. The van der Waals surface area contributed by atoms with Crippen molar-refractivity contribution < 1.29 is 0 Å². The Labute approximate surface area is 226 Å².